The van der Waals surface area contributed by atoms with E-state index in [0.717, 1.165) is 11.6 Å². The van der Waals surface area contributed by atoms with Gasteiger partial charge in [0.15, 0.2) is 6.61 Å². The number of halogens is 4. The standard InChI is InChI=1S/C19H17ClF3NO4/c1-27-14-6-2-12(3-7-14)4-9-18(26)28-11-17(25)24-16-8-5-13(20)10-15(16)19(21,22)23/h2-3,5-8,10H,4,9,11H2,1H3,(H,24,25). The number of aryl methyl sites for hydroxylation is 1. The van der Waals surface area contributed by atoms with E-state index in [1.807, 2.05) is 0 Å². The molecule has 0 radical (unpaired) electrons. The summed E-state index contributed by atoms with van der Waals surface area (Å²) in [6.07, 6.45) is -4.28. The molecule has 0 bridgehead atoms. The van der Waals surface area contributed by atoms with E-state index in [2.05, 4.69) is 5.32 Å². The van der Waals surface area contributed by atoms with Crippen molar-refractivity contribution in [2.45, 2.75) is 19.0 Å². The third-order valence-corrected chi connectivity index (χ3v) is 3.94. The molecule has 9 heteroatoms. The van der Waals surface area contributed by atoms with Crippen LogP contribution in [0, 0.1) is 0 Å². The molecule has 2 aromatic carbocycles. The number of esters is 1. The number of carbonyl (C=O) groups is 2. The maximum Gasteiger partial charge on any atom is 0.418 e. The Balaban J connectivity index is 1.84. The third-order valence-electron chi connectivity index (χ3n) is 3.70. The summed E-state index contributed by atoms with van der Waals surface area (Å²) in [6.45, 7) is -0.693. The summed E-state index contributed by atoms with van der Waals surface area (Å²) in [4.78, 5) is 23.6. The predicted octanol–water partition coefficient (Wildman–Crippen LogP) is 4.48. The molecular weight excluding hydrogens is 399 g/mol. The molecule has 1 N–H and O–H groups in total. The molecular formula is C19H17ClF3NO4. The first-order valence-electron chi connectivity index (χ1n) is 8.14. The first-order chi connectivity index (χ1) is 13.2. The van der Waals surface area contributed by atoms with Crippen LogP contribution in [-0.4, -0.2) is 25.6 Å². The highest BCUT2D eigenvalue weighted by molar-refractivity contribution is 6.30. The molecule has 0 aliphatic carbocycles. The van der Waals surface area contributed by atoms with Gasteiger partial charge in [-0.25, -0.2) is 0 Å². The largest absolute Gasteiger partial charge is 0.497 e. The minimum absolute atomic E-state index is 0.0222. The lowest BCUT2D eigenvalue weighted by atomic mass is 10.1. The molecule has 5 nitrogen and oxygen atoms in total. The molecule has 0 spiro atoms. The summed E-state index contributed by atoms with van der Waals surface area (Å²) in [5.41, 5.74) is -0.673. The molecule has 28 heavy (non-hydrogen) atoms. The van der Waals surface area contributed by atoms with Crippen LogP contribution < -0.4 is 10.1 Å². The Kier molecular flexibility index (Phi) is 7.28. The molecule has 0 atom stereocenters. The first kappa shape index (κ1) is 21.6. The summed E-state index contributed by atoms with van der Waals surface area (Å²) in [5, 5.41) is 1.96. The summed E-state index contributed by atoms with van der Waals surface area (Å²) >= 11 is 5.58. The van der Waals surface area contributed by atoms with Gasteiger partial charge in [0.25, 0.3) is 5.91 Å². The maximum atomic E-state index is 13.0. The minimum atomic E-state index is -4.69. The van der Waals surface area contributed by atoms with Gasteiger partial charge in [-0.15, -0.1) is 0 Å². The fraction of sp³-hybridized carbons (Fsp3) is 0.263. The lowest BCUT2D eigenvalue weighted by Crippen LogP contribution is -2.22. The Bertz CT molecular complexity index is 838. The smallest absolute Gasteiger partial charge is 0.418 e. The Hall–Kier alpha value is -2.74. The lowest BCUT2D eigenvalue weighted by molar-refractivity contribution is -0.147. The minimum Gasteiger partial charge on any atom is -0.497 e. The molecule has 2 aromatic rings. The SMILES string of the molecule is COc1ccc(CCC(=O)OCC(=O)Nc2ccc(Cl)cc2C(F)(F)F)cc1. The number of hydrogen-bond donors (Lipinski definition) is 1. The van der Waals surface area contributed by atoms with E-state index in [0.29, 0.717) is 18.2 Å². The molecule has 0 aromatic heterocycles. The first-order valence-corrected chi connectivity index (χ1v) is 8.52. The summed E-state index contributed by atoms with van der Waals surface area (Å²) in [7, 11) is 1.54. The lowest BCUT2D eigenvalue weighted by Gasteiger charge is -2.14. The molecule has 0 aliphatic rings. The van der Waals surface area contributed by atoms with Crippen LogP contribution in [0.4, 0.5) is 18.9 Å². The third kappa shape index (κ3) is 6.45. The fourth-order valence-corrected chi connectivity index (χ4v) is 2.48. The van der Waals surface area contributed by atoms with Gasteiger partial charge in [-0.05, 0) is 42.3 Å². The highest BCUT2D eigenvalue weighted by Gasteiger charge is 2.34. The molecule has 150 valence electrons. The molecule has 0 heterocycles. The molecule has 0 unspecified atom stereocenters. The highest BCUT2D eigenvalue weighted by Crippen LogP contribution is 2.36. The Morgan fingerprint density at radius 2 is 1.79 bits per heavy atom. The number of benzene rings is 2. The second-order valence-electron chi connectivity index (χ2n) is 5.74. The van der Waals surface area contributed by atoms with Crippen LogP contribution >= 0.6 is 11.6 Å². The molecule has 0 fully saturated rings. The van der Waals surface area contributed by atoms with Gasteiger partial charge < -0.3 is 14.8 Å². The summed E-state index contributed by atoms with van der Waals surface area (Å²) in [5.74, 6) is -0.841. The molecule has 0 saturated carbocycles. The van der Waals surface area contributed by atoms with E-state index in [4.69, 9.17) is 21.1 Å². The van der Waals surface area contributed by atoms with Crippen LogP contribution in [0.2, 0.25) is 5.02 Å². The maximum absolute atomic E-state index is 13.0. The van der Waals surface area contributed by atoms with Crippen LogP contribution in [0.15, 0.2) is 42.5 Å². The number of hydrogen-bond acceptors (Lipinski definition) is 4. The van der Waals surface area contributed by atoms with Crippen molar-refractivity contribution in [2.24, 2.45) is 0 Å². The second kappa shape index (κ2) is 9.45. The van der Waals surface area contributed by atoms with Crippen molar-refractivity contribution in [3.63, 3.8) is 0 Å². The average molecular weight is 416 g/mol. The quantitative estimate of drug-likeness (QED) is 0.677. The van der Waals surface area contributed by atoms with E-state index in [-0.39, 0.29) is 11.4 Å². The van der Waals surface area contributed by atoms with Crippen molar-refractivity contribution in [3.8, 4) is 5.75 Å². The number of carbonyl (C=O) groups excluding carboxylic acids is 2. The van der Waals surface area contributed by atoms with Crippen LogP contribution in [0.5, 0.6) is 5.75 Å². The van der Waals surface area contributed by atoms with Crippen molar-refractivity contribution in [1.29, 1.82) is 0 Å². The number of alkyl halides is 3. The van der Waals surface area contributed by atoms with E-state index in [1.54, 1.807) is 31.4 Å². The second-order valence-corrected chi connectivity index (χ2v) is 6.18. The van der Waals surface area contributed by atoms with E-state index in [9.17, 15) is 22.8 Å². The van der Waals surface area contributed by atoms with E-state index in [1.165, 1.54) is 6.07 Å². The average Bonchev–Trinajstić information content (AvgIpc) is 2.65. The molecule has 1 amide bonds. The van der Waals surface area contributed by atoms with Gasteiger partial charge in [0.2, 0.25) is 0 Å². The van der Waals surface area contributed by atoms with Crippen LogP contribution in [0.1, 0.15) is 17.5 Å². The number of amides is 1. The highest BCUT2D eigenvalue weighted by atomic mass is 35.5. The van der Waals surface area contributed by atoms with Gasteiger partial charge in [0.1, 0.15) is 5.75 Å². The Labute approximate surface area is 164 Å². The van der Waals surface area contributed by atoms with Crippen LogP contribution in [-0.2, 0) is 26.9 Å². The van der Waals surface area contributed by atoms with Crippen LogP contribution in [0.3, 0.4) is 0 Å². The van der Waals surface area contributed by atoms with Gasteiger partial charge in [0.05, 0.1) is 18.4 Å². The normalized spacial score (nSPS) is 11.0. The number of anilines is 1. The Morgan fingerprint density at radius 1 is 1.11 bits per heavy atom. The van der Waals surface area contributed by atoms with Gasteiger partial charge in [-0.3, -0.25) is 9.59 Å². The van der Waals surface area contributed by atoms with Gasteiger partial charge in [-0.1, -0.05) is 23.7 Å². The van der Waals surface area contributed by atoms with Crippen LogP contribution in [0.25, 0.3) is 0 Å². The zero-order chi connectivity index (χ0) is 20.7. The van der Waals surface area contributed by atoms with Gasteiger partial charge >= 0.3 is 12.1 Å². The predicted molar refractivity (Wildman–Crippen MR) is 97.4 cm³/mol. The van der Waals surface area contributed by atoms with E-state index < -0.39 is 35.9 Å². The van der Waals surface area contributed by atoms with Crippen molar-refractivity contribution in [2.75, 3.05) is 19.0 Å². The van der Waals surface area contributed by atoms with Gasteiger partial charge in [0, 0.05) is 11.4 Å². The number of ether oxygens (including phenoxy) is 2. The van der Waals surface area contributed by atoms with Crippen molar-refractivity contribution in [1.82, 2.24) is 0 Å². The summed E-state index contributed by atoms with van der Waals surface area (Å²) in [6, 6.07) is 10.0. The van der Waals surface area contributed by atoms with Crippen molar-refractivity contribution >= 4 is 29.2 Å². The molecule has 0 saturated heterocycles. The molecule has 2 rings (SSSR count). The number of rotatable bonds is 7. The zero-order valence-electron chi connectivity index (χ0n) is 14.8. The number of methoxy groups -OCH3 is 1. The summed E-state index contributed by atoms with van der Waals surface area (Å²) < 4.78 is 48.8. The fourth-order valence-electron chi connectivity index (χ4n) is 2.30. The topological polar surface area (TPSA) is 64.6 Å². The van der Waals surface area contributed by atoms with Gasteiger partial charge in [-0.2, -0.15) is 13.2 Å². The van der Waals surface area contributed by atoms with E-state index >= 15 is 0 Å². The zero-order valence-corrected chi connectivity index (χ0v) is 15.6. The Morgan fingerprint density at radius 3 is 2.39 bits per heavy atom. The van der Waals surface area contributed by atoms with Crippen molar-refractivity contribution < 1.29 is 32.2 Å². The monoisotopic (exact) mass is 415 g/mol. The van der Waals surface area contributed by atoms with Crippen molar-refractivity contribution in [3.05, 3.63) is 58.6 Å². The number of nitrogens with one attached hydrogen (secondary N) is 1. The molecule has 0 aliphatic heterocycles.